The van der Waals surface area contributed by atoms with Gasteiger partial charge in [0, 0.05) is 23.9 Å². The summed E-state index contributed by atoms with van der Waals surface area (Å²) in [5, 5.41) is 3.68. The van der Waals surface area contributed by atoms with E-state index in [0.29, 0.717) is 0 Å². The van der Waals surface area contributed by atoms with Crippen LogP contribution in [0.4, 0.5) is 0 Å². The number of thiophene rings is 1. The summed E-state index contributed by atoms with van der Waals surface area (Å²) in [5.74, 6) is 0. The van der Waals surface area contributed by atoms with Crippen LogP contribution in [0.15, 0.2) is 22.4 Å². The second-order valence-corrected chi connectivity index (χ2v) is 5.76. The second kappa shape index (κ2) is 3.79. The normalized spacial score (nSPS) is 11.0. The topological polar surface area (TPSA) is 0 Å². The minimum atomic E-state index is 1.38. The minimum Gasteiger partial charge on any atom is -0.142 e. The Hall–Kier alpha value is 0.260. The maximum atomic E-state index is 2.42. The van der Waals surface area contributed by atoms with Crippen molar-refractivity contribution < 1.29 is 0 Å². The molecule has 1 aromatic heterocycles. The Balaban J connectivity index is 2.88. The van der Waals surface area contributed by atoms with Crippen LogP contribution in [-0.2, 0) is 0 Å². The van der Waals surface area contributed by atoms with Gasteiger partial charge < -0.3 is 0 Å². The molecule has 0 amide bonds. The van der Waals surface area contributed by atoms with Gasteiger partial charge in [-0.25, -0.2) is 0 Å². The number of aryl methyl sites for hydroxylation is 1. The zero-order chi connectivity index (χ0) is 9.42. The van der Waals surface area contributed by atoms with Gasteiger partial charge in [0.2, 0.25) is 0 Å². The highest BCUT2D eigenvalue weighted by Gasteiger charge is 2.07. The molecule has 0 fully saturated rings. The van der Waals surface area contributed by atoms with Crippen molar-refractivity contribution in [2.45, 2.75) is 11.8 Å². The SMILES string of the molecule is CSc1ccc(C)c2scc(I)c12. The van der Waals surface area contributed by atoms with Crippen LogP contribution in [-0.4, -0.2) is 6.26 Å². The van der Waals surface area contributed by atoms with Crippen LogP contribution in [0.5, 0.6) is 0 Å². The first-order valence-corrected chi connectivity index (χ1v) is 7.12. The summed E-state index contributed by atoms with van der Waals surface area (Å²) in [6, 6.07) is 4.43. The van der Waals surface area contributed by atoms with E-state index in [1.165, 1.54) is 24.1 Å². The van der Waals surface area contributed by atoms with Gasteiger partial charge >= 0.3 is 0 Å². The largest absolute Gasteiger partial charge is 0.142 e. The quantitative estimate of drug-likeness (QED) is 0.549. The first kappa shape index (κ1) is 9.80. The van der Waals surface area contributed by atoms with Crippen molar-refractivity contribution in [2.75, 3.05) is 6.26 Å². The number of benzene rings is 1. The Morgan fingerprint density at radius 1 is 1.38 bits per heavy atom. The monoisotopic (exact) mass is 320 g/mol. The van der Waals surface area contributed by atoms with Crippen molar-refractivity contribution in [3.8, 4) is 0 Å². The Bertz CT molecular complexity index is 445. The first-order valence-electron chi connectivity index (χ1n) is 3.94. The van der Waals surface area contributed by atoms with Gasteiger partial charge in [0.1, 0.15) is 0 Å². The molecule has 0 aliphatic heterocycles. The summed E-state index contributed by atoms with van der Waals surface area (Å²) in [6.07, 6.45) is 2.14. The molecule has 0 saturated heterocycles. The van der Waals surface area contributed by atoms with Crippen molar-refractivity contribution in [1.29, 1.82) is 0 Å². The highest BCUT2D eigenvalue weighted by Crippen LogP contribution is 2.36. The lowest BCUT2D eigenvalue weighted by Gasteiger charge is -2.02. The smallest absolute Gasteiger partial charge is 0.0394 e. The van der Waals surface area contributed by atoms with Gasteiger partial charge in [-0.15, -0.1) is 23.1 Å². The lowest BCUT2D eigenvalue weighted by atomic mass is 10.2. The second-order valence-electron chi connectivity index (χ2n) is 2.87. The molecular weight excluding hydrogens is 311 g/mol. The molecule has 3 heteroatoms. The van der Waals surface area contributed by atoms with Crippen LogP contribution in [0.2, 0.25) is 0 Å². The van der Waals surface area contributed by atoms with E-state index in [4.69, 9.17) is 0 Å². The van der Waals surface area contributed by atoms with Crippen LogP contribution in [0, 0.1) is 10.5 Å². The summed E-state index contributed by atoms with van der Waals surface area (Å²) >= 11 is 6.09. The highest BCUT2D eigenvalue weighted by molar-refractivity contribution is 14.1. The van der Waals surface area contributed by atoms with Gasteiger partial charge in [-0.2, -0.15) is 0 Å². The van der Waals surface area contributed by atoms with Crippen molar-refractivity contribution in [1.82, 2.24) is 0 Å². The maximum absolute atomic E-state index is 2.42. The van der Waals surface area contributed by atoms with E-state index in [1.807, 2.05) is 23.1 Å². The van der Waals surface area contributed by atoms with E-state index >= 15 is 0 Å². The Labute approximate surface area is 99.9 Å². The molecule has 0 bridgehead atoms. The molecule has 0 atom stereocenters. The third-order valence-electron chi connectivity index (χ3n) is 2.06. The molecule has 68 valence electrons. The Morgan fingerprint density at radius 2 is 2.15 bits per heavy atom. The molecule has 0 radical (unpaired) electrons. The zero-order valence-corrected chi connectivity index (χ0v) is 11.2. The standard InChI is InChI=1S/C10H9IS2/c1-6-3-4-8(12-2)9-7(11)5-13-10(6)9/h3-5H,1-2H3. The summed E-state index contributed by atoms with van der Waals surface area (Å²) in [5.41, 5.74) is 1.39. The Kier molecular flexibility index (Phi) is 2.86. The van der Waals surface area contributed by atoms with Crippen molar-refractivity contribution in [2.24, 2.45) is 0 Å². The number of thioether (sulfide) groups is 1. The lowest BCUT2D eigenvalue weighted by molar-refractivity contribution is 1.48. The maximum Gasteiger partial charge on any atom is 0.0394 e. The van der Waals surface area contributed by atoms with Crippen molar-refractivity contribution >= 4 is 55.8 Å². The fourth-order valence-corrected chi connectivity index (χ4v) is 4.31. The molecule has 0 aliphatic rings. The number of fused-ring (bicyclic) bond motifs is 1. The molecule has 1 heterocycles. The Morgan fingerprint density at radius 3 is 2.85 bits per heavy atom. The van der Waals surface area contributed by atoms with E-state index in [1.54, 1.807) is 0 Å². The first-order chi connectivity index (χ1) is 6.24. The zero-order valence-electron chi connectivity index (χ0n) is 7.43. The fraction of sp³-hybridized carbons (Fsp3) is 0.200. The molecule has 0 saturated carbocycles. The number of halogens is 1. The predicted octanol–water partition coefficient (Wildman–Crippen LogP) is 4.54. The van der Waals surface area contributed by atoms with Crippen LogP contribution < -0.4 is 0 Å². The lowest BCUT2D eigenvalue weighted by Crippen LogP contribution is -1.77. The van der Waals surface area contributed by atoms with Crippen LogP contribution in [0.3, 0.4) is 0 Å². The van der Waals surface area contributed by atoms with Gasteiger partial charge in [-0.05, 0) is 47.4 Å². The average molecular weight is 320 g/mol. The van der Waals surface area contributed by atoms with Gasteiger partial charge in [0.25, 0.3) is 0 Å². The molecule has 2 rings (SSSR count). The molecule has 0 N–H and O–H groups in total. The molecule has 0 unspecified atom stereocenters. The van der Waals surface area contributed by atoms with E-state index in [2.05, 4.69) is 53.3 Å². The van der Waals surface area contributed by atoms with E-state index in [9.17, 15) is 0 Å². The number of hydrogen-bond acceptors (Lipinski definition) is 2. The molecule has 0 nitrogen and oxygen atoms in total. The van der Waals surface area contributed by atoms with E-state index < -0.39 is 0 Å². The van der Waals surface area contributed by atoms with Crippen LogP contribution in [0.1, 0.15) is 5.56 Å². The van der Waals surface area contributed by atoms with Crippen LogP contribution >= 0.6 is 45.7 Å². The predicted molar refractivity (Wildman–Crippen MR) is 71.1 cm³/mol. The molecule has 0 aliphatic carbocycles. The molecule has 13 heavy (non-hydrogen) atoms. The summed E-state index contributed by atoms with van der Waals surface area (Å²) in [7, 11) is 0. The van der Waals surface area contributed by atoms with Gasteiger partial charge in [-0.3, -0.25) is 0 Å². The molecular formula is C10H9IS2. The van der Waals surface area contributed by atoms with E-state index in [-0.39, 0.29) is 0 Å². The molecule has 2 aromatic rings. The fourth-order valence-electron chi connectivity index (χ4n) is 1.39. The van der Waals surface area contributed by atoms with Crippen molar-refractivity contribution in [3.05, 3.63) is 26.6 Å². The molecule has 0 spiro atoms. The minimum absolute atomic E-state index is 1.38. The summed E-state index contributed by atoms with van der Waals surface area (Å²) < 4.78 is 2.82. The molecule has 1 aromatic carbocycles. The highest BCUT2D eigenvalue weighted by atomic mass is 127. The number of rotatable bonds is 1. The third kappa shape index (κ3) is 1.62. The average Bonchev–Trinajstić information content (AvgIpc) is 2.51. The third-order valence-corrected chi connectivity index (χ3v) is 5.22. The van der Waals surface area contributed by atoms with Gasteiger partial charge in [0.05, 0.1) is 0 Å². The van der Waals surface area contributed by atoms with Crippen molar-refractivity contribution in [3.63, 3.8) is 0 Å². The number of hydrogen-bond donors (Lipinski definition) is 0. The summed E-state index contributed by atoms with van der Waals surface area (Å²) in [4.78, 5) is 1.39. The van der Waals surface area contributed by atoms with E-state index in [0.717, 1.165) is 0 Å². The van der Waals surface area contributed by atoms with Gasteiger partial charge in [-0.1, -0.05) is 6.07 Å². The van der Waals surface area contributed by atoms with Crippen LogP contribution in [0.25, 0.3) is 10.1 Å². The summed E-state index contributed by atoms with van der Waals surface area (Å²) in [6.45, 7) is 2.18. The van der Waals surface area contributed by atoms with Gasteiger partial charge in [0.15, 0.2) is 0 Å².